The van der Waals surface area contributed by atoms with E-state index in [0.29, 0.717) is 30.2 Å². The first-order valence-corrected chi connectivity index (χ1v) is 12.5. The van der Waals surface area contributed by atoms with E-state index in [1.165, 1.54) is 52.2 Å². The van der Waals surface area contributed by atoms with Crippen LogP contribution in [0.25, 0.3) is 0 Å². The van der Waals surface area contributed by atoms with Gasteiger partial charge in [0.15, 0.2) is 0 Å². The van der Waals surface area contributed by atoms with Crippen LogP contribution in [0.2, 0.25) is 0 Å². The number of piperidine rings is 1. The number of ether oxygens (including phenoxy) is 3. The van der Waals surface area contributed by atoms with Gasteiger partial charge in [-0.3, -0.25) is 19.9 Å². The van der Waals surface area contributed by atoms with Crippen molar-refractivity contribution in [2.45, 2.75) is 88.1 Å². The van der Waals surface area contributed by atoms with Crippen LogP contribution in [0.3, 0.4) is 0 Å². The van der Waals surface area contributed by atoms with Crippen LogP contribution in [0.4, 0.5) is 0 Å². The van der Waals surface area contributed by atoms with Crippen LogP contribution >= 0.6 is 0 Å². The minimum absolute atomic E-state index is 0.0674. The Morgan fingerprint density at radius 2 is 1.39 bits per heavy atom. The van der Waals surface area contributed by atoms with Crippen molar-refractivity contribution in [1.82, 2.24) is 15.1 Å². The van der Waals surface area contributed by atoms with Crippen LogP contribution in [-0.4, -0.2) is 93.7 Å². The summed E-state index contributed by atoms with van der Waals surface area (Å²) in [5.74, 6) is 1.35. The van der Waals surface area contributed by atoms with Gasteiger partial charge in [0, 0.05) is 52.6 Å². The molecule has 0 aromatic rings. The van der Waals surface area contributed by atoms with E-state index in [9.17, 15) is 4.79 Å². The van der Waals surface area contributed by atoms with Crippen molar-refractivity contribution in [3.8, 4) is 0 Å². The molecule has 4 aliphatic rings. The van der Waals surface area contributed by atoms with Gasteiger partial charge in [0.2, 0.25) is 0 Å². The molecule has 4 fully saturated rings. The van der Waals surface area contributed by atoms with Crippen LogP contribution in [-0.2, 0) is 19.0 Å². The summed E-state index contributed by atoms with van der Waals surface area (Å²) < 4.78 is 16.3. The van der Waals surface area contributed by atoms with Gasteiger partial charge in [-0.25, -0.2) is 0 Å². The number of likely N-dealkylation sites (tertiary alicyclic amines) is 1. The zero-order valence-corrected chi connectivity index (χ0v) is 19.8. The zero-order chi connectivity index (χ0) is 21.8. The Morgan fingerprint density at radius 3 is 1.90 bits per heavy atom. The van der Waals surface area contributed by atoms with Gasteiger partial charge in [-0.2, -0.15) is 0 Å². The maximum atomic E-state index is 12.6. The van der Waals surface area contributed by atoms with E-state index in [-0.39, 0.29) is 12.0 Å². The predicted octanol–water partition coefficient (Wildman–Crippen LogP) is 2.24. The van der Waals surface area contributed by atoms with E-state index in [2.05, 4.69) is 15.1 Å². The lowest BCUT2D eigenvalue weighted by Gasteiger charge is -2.44. The Hall–Kier alpha value is -0.730. The summed E-state index contributed by atoms with van der Waals surface area (Å²) >= 11 is 0. The number of nitrogens with one attached hydrogen (secondary N) is 1. The number of hydrogen-bond donors (Lipinski definition) is 1. The Morgan fingerprint density at radius 1 is 0.839 bits per heavy atom. The van der Waals surface area contributed by atoms with E-state index in [0.717, 1.165) is 44.9 Å². The SMILES string of the molecule is COC(=O)[C@@H]1CC2NCN(CC3CCC(OC)CC3)C2CN1CC1CCC(OC)CC1. The summed E-state index contributed by atoms with van der Waals surface area (Å²) in [6.45, 7) is 4.09. The van der Waals surface area contributed by atoms with Gasteiger partial charge in [0.05, 0.1) is 19.3 Å². The van der Waals surface area contributed by atoms with Crippen LogP contribution in [0, 0.1) is 11.8 Å². The van der Waals surface area contributed by atoms with Crippen molar-refractivity contribution >= 4 is 5.97 Å². The zero-order valence-electron chi connectivity index (χ0n) is 19.8. The number of nitrogens with zero attached hydrogens (tertiary/aromatic N) is 2. The smallest absolute Gasteiger partial charge is 0.323 e. The first-order chi connectivity index (χ1) is 15.1. The maximum Gasteiger partial charge on any atom is 0.323 e. The maximum absolute atomic E-state index is 12.6. The molecule has 0 aromatic heterocycles. The molecule has 0 aromatic carbocycles. The van der Waals surface area contributed by atoms with Crippen molar-refractivity contribution in [2.24, 2.45) is 11.8 Å². The summed E-state index contributed by atoms with van der Waals surface area (Å²) in [7, 11) is 5.20. The van der Waals surface area contributed by atoms with Crippen LogP contribution < -0.4 is 5.32 Å². The molecular formula is C24H43N3O4. The molecule has 0 radical (unpaired) electrons. The molecule has 2 unspecified atom stereocenters. The Labute approximate surface area is 188 Å². The molecule has 1 N–H and O–H groups in total. The predicted molar refractivity (Wildman–Crippen MR) is 120 cm³/mol. The third-order valence-corrected chi connectivity index (χ3v) is 8.54. The average Bonchev–Trinajstić information content (AvgIpc) is 3.20. The van der Waals surface area contributed by atoms with Gasteiger partial charge >= 0.3 is 5.97 Å². The van der Waals surface area contributed by atoms with Gasteiger partial charge in [-0.15, -0.1) is 0 Å². The fourth-order valence-corrected chi connectivity index (χ4v) is 6.53. The monoisotopic (exact) mass is 437 g/mol. The lowest BCUT2D eigenvalue weighted by Crippen LogP contribution is -2.59. The van der Waals surface area contributed by atoms with E-state index in [1.54, 1.807) is 0 Å². The Kier molecular flexibility index (Phi) is 8.26. The molecule has 0 spiro atoms. The molecule has 2 heterocycles. The standard InChI is InChI=1S/C24H43N3O4/c1-29-19-8-4-17(5-9-19)13-26-15-23-21(12-22(26)24(28)31-3)25-16-27(23)14-18-6-10-20(30-2)11-7-18/h17-23,25H,4-16H2,1-3H3/t17?,18?,19?,20?,21?,22-,23?/m0/s1. The lowest BCUT2D eigenvalue weighted by molar-refractivity contribution is -0.149. The second-order valence-corrected chi connectivity index (χ2v) is 10.3. The number of methoxy groups -OCH3 is 3. The second kappa shape index (κ2) is 10.9. The number of fused-ring (bicyclic) bond motifs is 1. The van der Waals surface area contributed by atoms with Crippen molar-refractivity contribution < 1.29 is 19.0 Å². The minimum Gasteiger partial charge on any atom is -0.468 e. The molecule has 7 nitrogen and oxygen atoms in total. The van der Waals surface area contributed by atoms with E-state index < -0.39 is 0 Å². The second-order valence-electron chi connectivity index (χ2n) is 10.3. The fourth-order valence-electron chi connectivity index (χ4n) is 6.53. The molecule has 0 amide bonds. The summed E-state index contributed by atoms with van der Waals surface area (Å²) in [6, 6.07) is 0.771. The summed E-state index contributed by atoms with van der Waals surface area (Å²) in [5.41, 5.74) is 0. The van der Waals surface area contributed by atoms with Gasteiger partial charge in [0.25, 0.3) is 0 Å². The highest BCUT2D eigenvalue weighted by Gasteiger charge is 2.45. The third kappa shape index (κ3) is 5.61. The van der Waals surface area contributed by atoms with Crippen molar-refractivity contribution in [3.63, 3.8) is 0 Å². The van der Waals surface area contributed by atoms with Gasteiger partial charge < -0.3 is 14.2 Å². The highest BCUT2D eigenvalue weighted by molar-refractivity contribution is 5.76. The normalized spacial score (nSPS) is 39.9. The fraction of sp³-hybridized carbons (Fsp3) is 0.958. The van der Waals surface area contributed by atoms with Crippen LogP contribution in [0.1, 0.15) is 57.8 Å². The molecular weight excluding hydrogens is 394 g/mol. The van der Waals surface area contributed by atoms with Crippen molar-refractivity contribution in [3.05, 3.63) is 0 Å². The van der Waals surface area contributed by atoms with E-state index in [1.807, 2.05) is 14.2 Å². The van der Waals surface area contributed by atoms with Gasteiger partial charge in [-0.05, 0) is 69.6 Å². The first-order valence-electron chi connectivity index (χ1n) is 12.5. The first kappa shape index (κ1) is 23.4. The summed E-state index contributed by atoms with van der Waals surface area (Å²) in [6.07, 6.45) is 11.3. The quantitative estimate of drug-likeness (QED) is 0.613. The van der Waals surface area contributed by atoms with Crippen LogP contribution in [0.15, 0.2) is 0 Å². The molecule has 2 aliphatic carbocycles. The summed E-state index contributed by atoms with van der Waals surface area (Å²) in [4.78, 5) is 17.7. The molecule has 4 rings (SSSR count). The van der Waals surface area contributed by atoms with E-state index in [4.69, 9.17) is 14.2 Å². The molecule has 2 aliphatic heterocycles. The number of hydrogen-bond acceptors (Lipinski definition) is 7. The molecule has 0 bridgehead atoms. The molecule has 2 saturated heterocycles. The number of carbonyl (C=O) groups excluding carboxylic acids is 1. The topological polar surface area (TPSA) is 63.3 Å². The largest absolute Gasteiger partial charge is 0.468 e. The number of carbonyl (C=O) groups is 1. The number of rotatable bonds is 7. The highest BCUT2D eigenvalue weighted by Crippen LogP contribution is 2.33. The third-order valence-electron chi connectivity index (χ3n) is 8.54. The summed E-state index contributed by atoms with van der Waals surface area (Å²) in [5, 5.41) is 3.71. The van der Waals surface area contributed by atoms with Crippen molar-refractivity contribution in [2.75, 3.05) is 47.6 Å². The van der Waals surface area contributed by atoms with E-state index >= 15 is 0 Å². The highest BCUT2D eigenvalue weighted by atomic mass is 16.5. The van der Waals surface area contributed by atoms with Gasteiger partial charge in [-0.1, -0.05) is 0 Å². The van der Waals surface area contributed by atoms with Gasteiger partial charge in [0.1, 0.15) is 6.04 Å². The van der Waals surface area contributed by atoms with Crippen molar-refractivity contribution in [1.29, 1.82) is 0 Å². The average molecular weight is 438 g/mol. The Balaban J connectivity index is 1.36. The van der Waals surface area contributed by atoms with Crippen LogP contribution in [0.5, 0.6) is 0 Å². The molecule has 3 atom stereocenters. The minimum atomic E-state index is -0.115. The molecule has 31 heavy (non-hydrogen) atoms. The molecule has 178 valence electrons. The molecule has 7 heteroatoms. The molecule has 2 saturated carbocycles. The number of esters is 1. The Bertz CT molecular complexity index is 575. The lowest BCUT2D eigenvalue weighted by atomic mass is 9.84.